The number of H-pyrrole nitrogens is 1. The van der Waals surface area contributed by atoms with Gasteiger partial charge in [0.25, 0.3) is 0 Å². The van der Waals surface area contributed by atoms with Gasteiger partial charge < -0.3 is 14.5 Å². The van der Waals surface area contributed by atoms with Gasteiger partial charge in [0, 0.05) is 46.9 Å². The Morgan fingerprint density at radius 1 is 1.15 bits per heavy atom. The van der Waals surface area contributed by atoms with Crippen molar-refractivity contribution in [2.45, 2.75) is 37.1 Å². The van der Waals surface area contributed by atoms with Crippen LogP contribution in [0.3, 0.4) is 0 Å². The molecule has 2 aromatic rings. The summed E-state index contributed by atoms with van der Waals surface area (Å²) >= 11 is 4.19. The molecule has 140 valence electrons. The van der Waals surface area contributed by atoms with Crippen molar-refractivity contribution in [3.63, 3.8) is 0 Å². The van der Waals surface area contributed by atoms with E-state index in [1.807, 2.05) is 13.8 Å². The number of nitrogens with zero attached hydrogens (tertiary/aromatic N) is 1. The molecule has 1 fully saturated rings. The maximum absolute atomic E-state index is 5.68. The van der Waals surface area contributed by atoms with E-state index < -0.39 is 0 Å². The number of rotatable bonds is 6. The second-order valence-corrected chi connectivity index (χ2v) is 9.54. The summed E-state index contributed by atoms with van der Waals surface area (Å²) in [6, 6.07) is 8.61. The topological polar surface area (TPSA) is 46.6 Å². The molecular formula is C20H26N2O2S2. The minimum absolute atomic E-state index is 0.173. The van der Waals surface area contributed by atoms with E-state index in [0.717, 1.165) is 12.8 Å². The van der Waals surface area contributed by atoms with Crippen LogP contribution < -0.4 is 0 Å². The van der Waals surface area contributed by atoms with Gasteiger partial charge in [0.05, 0.1) is 12.2 Å². The first-order valence-electron chi connectivity index (χ1n) is 9.43. The lowest BCUT2D eigenvalue weighted by atomic mass is 9.92. The third-order valence-corrected chi connectivity index (χ3v) is 8.49. The summed E-state index contributed by atoms with van der Waals surface area (Å²) in [5.41, 5.74) is 5.09. The molecule has 0 saturated carbocycles. The third-order valence-electron chi connectivity index (χ3n) is 4.96. The molecule has 0 unspecified atom stereocenters. The summed E-state index contributed by atoms with van der Waals surface area (Å²) in [7, 11) is 0. The Balaban J connectivity index is 1.73. The van der Waals surface area contributed by atoms with Crippen LogP contribution in [-0.2, 0) is 13.6 Å². The highest BCUT2D eigenvalue weighted by Crippen LogP contribution is 2.58. The minimum Gasteiger partial charge on any atom is -0.356 e. The molecule has 26 heavy (non-hydrogen) atoms. The molecular weight excluding hydrogens is 364 g/mol. The standard InChI is InChI=1S/C20H26N2O2S2/c1-3-23-17(24-4-2)13-21-16-9-10-20(25-11-12-26-20)19-18(16)14-7-5-6-8-15(14)22-19/h5-8,17,22H,3-4,9-13H2,1-2H3. The van der Waals surface area contributed by atoms with Crippen molar-refractivity contribution in [2.75, 3.05) is 31.3 Å². The molecule has 2 aliphatic rings. The van der Waals surface area contributed by atoms with Crippen molar-refractivity contribution in [1.82, 2.24) is 4.98 Å². The van der Waals surface area contributed by atoms with Crippen LogP contribution in [0.25, 0.3) is 10.9 Å². The van der Waals surface area contributed by atoms with Crippen LogP contribution in [0.1, 0.15) is 37.9 Å². The number of nitrogens with one attached hydrogen (secondary N) is 1. The molecule has 1 spiro atoms. The van der Waals surface area contributed by atoms with Crippen molar-refractivity contribution in [2.24, 2.45) is 4.99 Å². The Morgan fingerprint density at radius 3 is 2.62 bits per heavy atom. The van der Waals surface area contributed by atoms with E-state index in [9.17, 15) is 0 Å². The number of aliphatic imine (C=N–C) groups is 1. The molecule has 0 atom stereocenters. The molecule has 6 heteroatoms. The fourth-order valence-corrected chi connectivity index (χ4v) is 7.12. The molecule has 2 heterocycles. The summed E-state index contributed by atoms with van der Waals surface area (Å²) in [4.78, 5) is 8.70. The predicted octanol–water partition coefficient (Wildman–Crippen LogP) is 4.78. The first-order chi connectivity index (χ1) is 12.8. The van der Waals surface area contributed by atoms with Gasteiger partial charge in [-0.25, -0.2) is 0 Å². The van der Waals surface area contributed by atoms with Crippen LogP contribution in [0, 0.1) is 0 Å². The molecule has 1 saturated heterocycles. The molecule has 0 amide bonds. The highest BCUT2D eigenvalue weighted by molar-refractivity contribution is 8.20. The van der Waals surface area contributed by atoms with E-state index in [1.54, 1.807) is 0 Å². The lowest BCUT2D eigenvalue weighted by Crippen LogP contribution is -2.27. The maximum atomic E-state index is 5.68. The summed E-state index contributed by atoms with van der Waals surface area (Å²) in [6.45, 7) is 5.84. The van der Waals surface area contributed by atoms with Crippen molar-refractivity contribution in [3.05, 3.63) is 35.5 Å². The summed E-state index contributed by atoms with van der Waals surface area (Å²) in [5, 5.41) is 1.29. The highest BCUT2D eigenvalue weighted by atomic mass is 32.2. The molecule has 1 aliphatic carbocycles. The van der Waals surface area contributed by atoms with Crippen molar-refractivity contribution in [1.29, 1.82) is 0 Å². The summed E-state index contributed by atoms with van der Waals surface area (Å²) < 4.78 is 11.5. The molecule has 1 N–H and O–H groups in total. The number of aromatic amines is 1. The fraction of sp³-hybridized carbons (Fsp3) is 0.550. The average Bonchev–Trinajstić information content (AvgIpc) is 3.28. The zero-order valence-electron chi connectivity index (χ0n) is 15.4. The molecule has 1 aromatic carbocycles. The lowest BCUT2D eigenvalue weighted by Gasteiger charge is -2.32. The minimum atomic E-state index is -0.253. The van der Waals surface area contributed by atoms with Gasteiger partial charge in [-0.15, -0.1) is 23.5 Å². The van der Waals surface area contributed by atoms with E-state index in [-0.39, 0.29) is 10.4 Å². The SMILES string of the molecule is CCOC(CN=C1CCC2(SCCS2)c2[nH]c3ccccc3c21)OCC. The first kappa shape index (κ1) is 18.4. The van der Waals surface area contributed by atoms with Crippen LogP contribution in [-0.4, -0.2) is 48.2 Å². The number of aromatic nitrogens is 1. The zero-order valence-corrected chi connectivity index (χ0v) is 17.0. The van der Waals surface area contributed by atoms with Crippen LogP contribution in [0.15, 0.2) is 29.3 Å². The summed E-state index contributed by atoms with van der Waals surface area (Å²) in [6.07, 6.45) is 1.90. The van der Waals surface area contributed by atoms with Gasteiger partial charge in [-0.1, -0.05) is 18.2 Å². The van der Waals surface area contributed by atoms with E-state index in [4.69, 9.17) is 14.5 Å². The van der Waals surface area contributed by atoms with Gasteiger partial charge in [0.15, 0.2) is 6.29 Å². The number of hydrogen-bond acceptors (Lipinski definition) is 5. The van der Waals surface area contributed by atoms with Crippen LogP contribution >= 0.6 is 23.5 Å². The first-order valence-corrected chi connectivity index (χ1v) is 11.4. The summed E-state index contributed by atoms with van der Waals surface area (Å²) in [5.74, 6) is 2.45. The second-order valence-electron chi connectivity index (χ2n) is 6.50. The third kappa shape index (κ3) is 3.33. The molecule has 4 nitrogen and oxygen atoms in total. The zero-order chi connectivity index (χ0) is 18.0. The van der Waals surface area contributed by atoms with Gasteiger partial charge in [-0.05, 0) is 32.8 Å². The van der Waals surface area contributed by atoms with Crippen molar-refractivity contribution >= 4 is 40.1 Å². The second kappa shape index (κ2) is 7.97. The van der Waals surface area contributed by atoms with Crippen molar-refractivity contribution < 1.29 is 9.47 Å². The average molecular weight is 391 g/mol. The van der Waals surface area contributed by atoms with E-state index in [1.165, 1.54) is 39.4 Å². The molecule has 1 aliphatic heterocycles. The van der Waals surface area contributed by atoms with Gasteiger partial charge >= 0.3 is 0 Å². The van der Waals surface area contributed by atoms with E-state index in [0.29, 0.717) is 19.8 Å². The number of para-hydroxylation sites is 1. The van der Waals surface area contributed by atoms with Crippen LogP contribution in [0.2, 0.25) is 0 Å². The van der Waals surface area contributed by atoms with Crippen molar-refractivity contribution in [3.8, 4) is 0 Å². The monoisotopic (exact) mass is 390 g/mol. The Morgan fingerprint density at radius 2 is 1.88 bits per heavy atom. The van der Waals surface area contributed by atoms with Crippen LogP contribution in [0.5, 0.6) is 0 Å². The Bertz CT molecular complexity index is 790. The Labute approximate surface area is 163 Å². The largest absolute Gasteiger partial charge is 0.356 e. The molecule has 0 bridgehead atoms. The number of hydrogen-bond donors (Lipinski definition) is 1. The fourth-order valence-electron chi connectivity index (χ4n) is 3.87. The van der Waals surface area contributed by atoms with Crippen LogP contribution in [0.4, 0.5) is 0 Å². The Kier molecular flexibility index (Phi) is 5.64. The van der Waals surface area contributed by atoms with Gasteiger partial charge in [0.1, 0.15) is 4.08 Å². The quantitative estimate of drug-likeness (QED) is 0.721. The van der Waals surface area contributed by atoms with Gasteiger partial charge in [-0.2, -0.15) is 0 Å². The molecule has 4 rings (SSSR count). The predicted molar refractivity (Wildman–Crippen MR) is 113 cm³/mol. The number of thioether (sulfide) groups is 2. The number of fused-ring (bicyclic) bond motifs is 4. The Hall–Kier alpha value is -0.950. The molecule has 0 radical (unpaired) electrons. The normalized spacial score (nSPS) is 20.5. The van der Waals surface area contributed by atoms with E-state index in [2.05, 4.69) is 52.8 Å². The number of benzene rings is 1. The molecule has 1 aromatic heterocycles. The maximum Gasteiger partial charge on any atom is 0.176 e. The van der Waals surface area contributed by atoms with Gasteiger partial charge in [0.2, 0.25) is 0 Å². The number of ether oxygens (including phenoxy) is 2. The highest BCUT2D eigenvalue weighted by Gasteiger charge is 2.44. The lowest BCUT2D eigenvalue weighted by molar-refractivity contribution is -0.128. The van der Waals surface area contributed by atoms with Gasteiger partial charge in [-0.3, -0.25) is 4.99 Å². The smallest absolute Gasteiger partial charge is 0.176 e. The van der Waals surface area contributed by atoms with E-state index >= 15 is 0 Å².